The summed E-state index contributed by atoms with van der Waals surface area (Å²) < 4.78 is 7.95. The van der Waals surface area contributed by atoms with Crippen molar-refractivity contribution in [1.29, 1.82) is 0 Å². The summed E-state index contributed by atoms with van der Waals surface area (Å²) in [5, 5.41) is 0. The van der Waals surface area contributed by atoms with Gasteiger partial charge < -0.3 is 4.74 Å². The molecular formula is C15H24N2O. The van der Waals surface area contributed by atoms with Crippen molar-refractivity contribution in [3.8, 4) is 6.01 Å². The van der Waals surface area contributed by atoms with E-state index in [1.165, 1.54) is 0 Å². The molecule has 0 aliphatic carbocycles. The fourth-order valence-corrected chi connectivity index (χ4v) is 1.90. The summed E-state index contributed by atoms with van der Waals surface area (Å²) in [4.78, 5) is 4.55. The van der Waals surface area contributed by atoms with E-state index in [0.29, 0.717) is 5.92 Å². The van der Waals surface area contributed by atoms with Gasteiger partial charge in [-0.3, -0.25) is 4.57 Å². The third-order valence-electron chi connectivity index (χ3n) is 2.51. The summed E-state index contributed by atoms with van der Waals surface area (Å²) >= 11 is 0. The van der Waals surface area contributed by atoms with Gasteiger partial charge in [-0.25, -0.2) is 0 Å². The van der Waals surface area contributed by atoms with Crippen molar-refractivity contribution in [2.45, 2.75) is 47.8 Å². The fourth-order valence-electron chi connectivity index (χ4n) is 1.90. The molecule has 0 amide bonds. The molecule has 2 aromatic rings. The van der Waals surface area contributed by atoms with Crippen LogP contribution in [0.3, 0.4) is 0 Å². The number of aromatic nitrogens is 2. The second-order valence-corrected chi connectivity index (χ2v) is 5.05. The fraction of sp³-hybridized carbons (Fsp3) is 0.533. The Morgan fingerprint density at radius 1 is 1.17 bits per heavy atom. The number of fused-ring (bicyclic) bond motifs is 1. The van der Waals surface area contributed by atoms with Gasteiger partial charge in [-0.05, 0) is 31.9 Å². The van der Waals surface area contributed by atoms with Crippen LogP contribution in [0.1, 0.15) is 35.1 Å². The number of benzene rings is 1. The van der Waals surface area contributed by atoms with Crippen molar-refractivity contribution in [3.05, 3.63) is 24.3 Å². The van der Waals surface area contributed by atoms with Crippen molar-refractivity contribution in [1.82, 2.24) is 9.55 Å². The second-order valence-electron chi connectivity index (χ2n) is 5.05. The largest absolute Gasteiger partial charge is 0.462 e. The Labute approximate surface area is 110 Å². The van der Waals surface area contributed by atoms with Crippen molar-refractivity contribution < 1.29 is 4.74 Å². The summed E-state index contributed by atoms with van der Waals surface area (Å²) in [6.45, 7) is 9.39. The number of nitrogens with zero attached hydrogens (tertiary/aromatic N) is 2. The molecule has 0 saturated carbocycles. The highest BCUT2D eigenvalue weighted by atomic mass is 16.5. The minimum absolute atomic E-state index is 0. The van der Waals surface area contributed by atoms with E-state index < -0.39 is 0 Å². The Balaban J connectivity index is 0.00000162. The van der Waals surface area contributed by atoms with Gasteiger partial charge in [0.2, 0.25) is 0 Å². The highest BCUT2D eigenvalue weighted by molar-refractivity contribution is 5.76. The maximum absolute atomic E-state index is 5.78. The first-order chi connectivity index (χ1) is 8.08. The average molecular weight is 248 g/mol. The van der Waals surface area contributed by atoms with Crippen LogP contribution in [0.25, 0.3) is 11.0 Å². The number of ether oxygens (including phenoxy) is 1. The molecule has 0 unspecified atom stereocenters. The van der Waals surface area contributed by atoms with E-state index in [1.807, 2.05) is 32.0 Å². The number of hydrogen-bond acceptors (Lipinski definition) is 2. The molecule has 2 rings (SSSR count). The Hall–Kier alpha value is -1.51. The van der Waals surface area contributed by atoms with Gasteiger partial charge in [-0.2, -0.15) is 4.98 Å². The predicted molar refractivity (Wildman–Crippen MR) is 77.1 cm³/mol. The zero-order valence-corrected chi connectivity index (χ0v) is 11.0. The molecule has 1 heterocycles. The molecule has 0 spiro atoms. The molecule has 0 N–H and O–H groups in total. The van der Waals surface area contributed by atoms with E-state index in [9.17, 15) is 0 Å². The molecule has 0 aliphatic heterocycles. The molecule has 0 aliphatic rings. The van der Waals surface area contributed by atoms with Gasteiger partial charge in [0, 0.05) is 6.54 Å². The van der Waals surface area contributed by atoms with Crippen molar-refractivity contribution >= 4 is 11.0 Å². The lowest BCUT2D eigenvalue weighted by atomic mass is 10.2. The van der Waals surface area contributed by atoms with Crippen molar-refractivity contribution in [3.63, 3.8) is 0 Å². The van der Waals surface area contributed by atoms with Crippen LogP contribution in [0.2, 0.25) is 0 Å². The number of para-hydroxylation sites is 2. The molecule has 1 aromatic heterocycles. The number of hydrogen-bond donors (Lipinski definition) is 0. The van der Waals surface area contributed by atoms with Crippen LogP contribution >= 0.6 is 0 Å². The summed E-state index contributed by atoms with van der Waals surface area (Å²) in [6.07, 6.45) is 0.151. The number of rotatable bonds is 4. The van der Waals surface area contributed by atoms with E-state index in [4.69, 9.17) is 4.74 Å². The van der Waals surface area contributed by atoms with E-state index in [-0.39, 0.29) is 13.5 Å². The average Bonchev–Trinajstić information content (AvgIpc) is 2.55. The van der Waals surface area contributed by atoms with Crippen LogP contribution in [0.5, 0.6) is 6.01 Å². The standard InChI is InChI=1S/C14H20N2O.CH4/c1-10(2)9-16-13-8-6-5-7-12(13)15-14(16)17-11(3)4;/h5-8,10-11H,9H2,1-4H3;1H4. The maximum atomic E-state index is 5.78. The first-order valence-electron chi connectivity index (χ1n) is 6.20. The smallest absolute Gasteiger partial charge is 0.297 e. The van der Waals surface area contributed by atoms with Crippen LogP contribution in [-0.4, -0.2) is 15.7 Å². The third kappa shape index (κ3) is 3.03. The molecular weight excluding hydrogens is 224 g/mol. The van der Waals surface area contributed by atoms with Crippen LogP contribution in [0, 0.1) is 5.92 Å². The molecule has 0 fully saturated rings. The maximum Gasteiger partial charge on any atom is 0.297 e. The van der Waals surface area contributed by atoms with Gasteiger partial charge in [-0.1, -0.05) is 33.4 Å². The molecule has 3 heteroatoms. The summed E-state index contributed by atoms with van der Waals surface area (Å²) in [7, 11) is 0. The van der Waals surface area contributed by atoms with Gasteiger partial charge in [0.1, 0.15) is 0 Å². The minimum atomic E-state index is 0. The van der Waals surface area contributed by atoms with Crippen LogP contribution in [0.15, 0.2) is 24.3 Å². The predicted octanol–water partition coefficient (Wildman–Crippen LogP) is 4.12. The Morgan fingerprint density at radius 3 is 2.44 bits per heavy atom. The number of imidazole rings is 1. The molecule has 18 heavy (non-hydrogen) atoms. The zero-order valence-electron chi connectivity index (χ0n) is 11.0. The van der Waals surface area contributed by atoms with Crippen molar-refractivity contribution in [2.75, 3.05) is 0 Å². The molecule has 0 radical (unpaired) electrons. The Kier molecular flexibility index (Phi) is 4.76. The van der Waals surface area contributed by atoms with Crippen LogP contribution in [0.4, 0.5) is 0 Å². The third-order valence-corrected chi connectivity index (χ3v) is 2.51. The van der Waals surface area contributed by atoms with Gasteiger partial charge in [-0.15, -0.1) is 0 Å². The summed E-state index contributed by atoms with van der Waals surface area (Å²) in [5.41, 5.74) is 2.15. The van der Waals surface area contributed by atoms with Gasteiger partial charge in [0.05, 0.1) is 17.1 Å². The normalized spacial score (nSPS) is 11.0. The van der Waals surface area contributed by atoms with Crippen molar-refractivity contribution in [2.24, 2.45) is 5.92 Å². The van der Waals surface area contributed by atoms with Gasteiger partial charge in [0.15, 0.2) is 0 Å². The first kappa shape index (κ1) is 14.6. The molecule has 3 nitrogen and oxygen atoms in total. The molecule has 0 saturated heterocycles. The van der Waals surface area contributed by atoms with E-state index in [0.717, 1.165) is 23.6 Å². The minimum Gasteiger partial charge on any atom is -0.462 e. The topological polar surface area (TPSA) is 27.1 Å². The van der Waals surface area contributed by atoms with Gasteiger partial charge in [0.25, 0.3) is 6.01 Å². The highest BCUT2D eigenvalue weighted by Crippen LogP contribution is 2.23. The Morgan fingerprint density at radius 2 is 1.83 bits per heavy atom. The Bertz CT molecular complexity index is 500. The monoisotopic (exact) mass is 248 g/mol. The molecule has 0 atom stereocenters. The molecule has 1 aromatic carbocycles. The lowest BCUT2D eigenvalue weighted by Gasteiger charge is -2.13. The second kappa shape index (κ2) is 5.89. The summed E-state index contributed by atoms with van der Waals surface area (Å²) in [6, 6.07) is 8.90. The van der Waals surface area contributed by atoms with Crippen LogP contribution < -0.4 is 4.74 Å². The van der Waals surface area contributed by atoms with Gasteiger partial charge >= 0.3 is 0 Å². The van der Waals surface area contributed by atoms with E-state index >= 15 is 0 Å². The first-order valence-corrected chi connectivity index (χ1v) is 6.20. The van der Waals surface area contributed by atoms with E-state index in [1.54, 1.807) is 0 Å². The molecule has 0 bridgehead atoms. The molecule has 100 valence electrons. The van der Waals surface area contributed by atoms with Crippen LogP contribution in [-0.2, 0) is 6.54 Å². The zero-order chi connectivity index (χ0) is 12.4. The quantitative estimate of drug-likeness (QED) is 0.814. The highest BCUT2D eigenvalue weighted by Gasteiger charge is 2.13. The SMILES string of the molecule is C.CC(C)Cn1c(OC(C)C)nc2ccccc21. The lowest BCUT2D eigenvalue weighted by Crippen LogP contribution is -2.13. The summed E-state index contributed by atoms with van der Waals surface area (Å²) in [5.74, 6) is 0.571. The van der Waals surface area contributed by atoms with E-state index in [2.05, 4.69) is 29.5 Å². The lowest BCUT2D eigenvalue weighted by molar-refractivity contribution is 0.210.